The summed E-state index contributed by atoms with van der Waals surface area (Å²) < 4.78 is 163. The minimum atomic E-state index is -4.97. The van der Waals surface area contributed by atoms with Crippen LogP contribution in [-0.2, 0) is 92.9 Å². The number of methoxy groups -OCH3 is 2. The lowest BCUT2D eigenvalue weighted by Crippen LogP contribution is -2.52. The van der Waals surface area contributed by atoms with Crippen LogP contribution in [0.15, 0.2) is 83.5 Å². The molecule has 1 atom stereocenters. The van der Waals surface area contributed by atoms with Gasteiger partial charge in [-0.1, -0.05) is 51.2 Å². The van der Waals surface area contributed by atoms with Crippen LogP contribution in [0.1, 0.15) is 109 Å². The molecule has 28 heteroatoms. The number of allylic oxidation sites excluding steroid dienone is 9. The predicted molar refractivity (Wildman–Crippen MR) is 333 cm³/mol. The fraction of sp³-hybridized carbons (Fsp3) is 0.587. The van der Waals surface area contributed by atoms with Crippen molar-refractivity contribution in [3.05, 3.63) is 95.3 Å². The van der Waals surface area contributed by atoms with Crippen LogP contribution in [0.3, 0.4) is 0 Å². The van der Waals surface area contributed by atoms with E-state index in [4.69, 9.17) is 47.5 Å². The van der Waals surface area contributed by atoms with Gasteiger partial charge >= 0.3 is 5.97 Å². The highest BCUT2D eigenvalue weighted by molar-refractivity contribution is 7.86. The molecule has 1 saturated heterocycles. The van der Waals surface area contributed by atoms with Gasteiger partial charge in [-0.15, -0.1) is 5.06 Å². The Bertz CT molecular complexity index is 3340. The van der Waals surface area contributed by atoms with Crippen LogP contribution in [0.2, 0.25) is 0 Å². The number of hydrogen-bond donors (Lipinski definition) is 0. The van der Waals surface area contributed by atoms with E-state index in [2.05, 4.69) is 11.0 Å². The second-order valence-electron chi connectivity index (χ2n) is 23.5. The first-order valence-electron chi connectivity index (χ1n) is 30.4. The van der Waals surface area contributed by atoms with Crippen molar-refractivity contribution < 1.29 is 105 Å². The molecule has 0 N–H and O–H groups in total. The molecule has 2 aromatic carbocycles. The summed E-state index contributed by atoms with van der Waals surface area (Å²) in [5.74, 6) is -2.31. The lowest BCUT2D eigenvalue weighted by atomic mass is 9.75. The molecule has 91 heavy (non-hydrogen) atoms. The lowest BCUT2D eigenvalue weighted by Gasteiger charge is -2.48. The molecule has 0 bridgehead atoms. The van der Waals surface area contributed by atoms with Crippen LogP contribution in [0.5, 0.6) is 5.75 Å². The number of fused-ring (bicyclic) bond motifs is 3. The van der Waals surface area contributed by atoms with Crippen LogP contribution < -0.4 is 9.64 Å². The molecule has 4 aliphatic rings. The number of amides is 2. The van der Waals surface area contributed by atoms with Gasteiger partial charge in [0.2, 0.25) is 5.69 Å². The number of carbonyl (C=O) groups is 3. The largest absolute Gasteiger partial charge is 0.748 e. The molecule has 0 radical (unpaired) electrons. The molecule has 506 valence electrons. The van der Waals surface area contributed by atoms with Crippen molar-refractivity contribution in [1.29, 1.82) is 0 Å². The maximum Gasteiger partial charge on any atom is 0.333 e. The number of rotatable bonds is 41. The van der Waals surface area contributed by atoms with E-state index in [9.17, 15) is 53.3 Å². The Balaban J connectivity index is 1.34. The Labute approximate surface area is 535 Å². The van der Waals surface area contributed by atoms with E-state index >= 15 is 0 Å². The van der Waals surface area contributed by atoms with E-state index in [1.54, 1.807) is 50.0 Å². The number of nitrogens with zero attached hydrogens (tertiary/aromatic N) is 3. The Morgan fingerprint density at radius 1 is 0.692 bits per heavy atom. The fourth-order valence-corrected chi connectivity index (χ4v) is 12.6. The van der Waals surface area contributed by atoms with Crippen molar-refractivity contribution in [2.45, 2.75) is 108 Å². The van der Waals surface area contributed by atoms with E-state index < -0.39 is 80.9 Å². The Kier molecular flexibility index (Phi) is 28.3. The number of carbonyl (C=O) groups excluding carboxylic acids is 3. The van der Waals surface area contributed by atoms with Crippen molar-refractivity contribution in [1.82, 2.24) is 5.06 Å². The van der Waals surface area contributed by atoms with E-state index in [1.807, 2.05) is 52.0 Å². The molecule has 0 aliphatic carbocycles. The summed E-state index contributed by atoms with van der Waals surface area (Å²) in [4.78, 5) is 44.1. The zero-order valence-corrected chi connectivity index (χ0v) is 55.5. The number of imide groups is 1. The van der Waals surface area contributed by atoms with Crippen LogP contribution in [-0.4, -0.2) is 209 Å². The Morgan fingerprint density at radius 3 is 1.78 bits per heavy atom. The number of ether oxygens (including phenoxy) is 9. The van der Waals surface area contributed by atoms with Crippen molar-refractivity contribution in [2.75, 3.05) is 136 Å². The monoisotopic (exact) mass is 1330 g/mol. The summed E-state index contributed by atoms with van der Waals surface area (Å²) in [6.07, 6.45) is 13.5. The zero-order chi connectivity index (χ0) is 66.5. The highest BCUT2D eigenvalue weighted by atomic mass is 32.2. The summed E-state index contributed by atoms with van der Waals surface area (Å²) in [5, 5.41) is 0.445. The normalized spacial score (nSPS) is 18.2. The third kappa shape index (κ3) is 22.3. The first-order chi connectivity index (χ1) is 43.1. The predicted octanol–water partition coefficient (Wildman–Crippen LogP) is 6.25. The van der Waals surface area contributed by atoms with E-state index in [1.165, 1.54) is 12.1 Å². The first kappa shape index (κ1) is 74.5. The number of anilines is 1. The Morgan fingerprint density at radius 2 is 1.24 bits per heavy atom. The molecule has 25 nitrogen and oxygen atoms in total. The quantitative estimate of drug-likeness (QED) is 0.0233. The summed E-state index contributed by atoms with van der Waals surface area (Å²) >= 11 is 0. The molecule has 1 fully saturated rings. The molecule has 1 unspecified atom stereocenters. The molecule has 4 aliphatic heterocycles. The van der Waals surface area contributed by atoms with Gasteiger partial charge in [0.15, 0.2) is 5.71 Å². The molecule has 0 saturated carbocycles. The van der Waals surface area contributed by atoms with Gasteiger partial charge in [0.1, 0.15) is 28.2 Å². The van der Waals surface area contributed by atoms with Crippen LogP contribution >= 0.6 is 0 Å². The lowest BCUT2D eigenvalue weighted by molar-refractivity contribution is -0.437. The maximum absolute atomic E-state index is 13.0. The van der Waals surface area contributed by atoms with Crippen molar-refractivity contribution in [3.8, 4) is 5.75 Å². The van der Waals surface area contributed by atoms with Crippen molar-refractivity contribution >= 4 is 76.4 Å². The Hall–Kier alpha value is -5.57. The number of hydroxylamine groups is 2. The number of hydrogen-bond acceptors (Lipinski definition) is 23. The summed E-state index contributed by atoms with van der Waals surface area (Å²) in [5.41, 5.74) is 2.85. The van der Waals surface area contributed by atoms with Gasteiger partial charge in [0.25, 0.3) is 11.8 Å². The highest BCUT2D eigenvalue weighted by Crippen LogP contribution is 2.50. The minimum Gasteiger partial charge on any atom is -0.748 e. The average molecular weight is 1330 g/mol. The van der Waals surface area contributed by atoms with E-state index in [-0.39, 0.29) is 71.2 Å². The van der Waals surface area contributed by atoms with Crippen LogP contribution in [0, 0.1) is 5.41 Å². The highest BCUT2D eigenvalue weighted by Gasteiger charge is 2.48. The SMILES string of the molecule is COCCOCCOCCOCCC1(CCOCCOCCOCCOC)C=C(C)c2cc3c(cc2N1CCCS(=O)(=O)[O-])OC(C(C)(C)C)=C\C3=C/C=C/C=C/C1=[N+](CCCS(=O)(=O)[O-])c2ccc(S(=O)(=O)[O-])cc2C1(C)CCCC(=O)ON1C(=O)CCC1=O. The molecule has 2 amide bonds. The van der Waals surface area contributed by atoms with Crippen molar-refractivity contribution in [3.63, 3.8) is 0 Å². The third-order valence-corrected chi connectivity index (χ3v) is 18.1. The van der Waals surface area contributed by atoms with Crippen LogP contribution in [0.25, 0.3) is 11.1 Å². The average Bonchev–Trinajstić information content (AvgIpc) is 1.73. The minimum absolute atomic E-state index is 0.0135. The van der Waals surface area contributed by atoms with Gasteiger partial charge in [0.05, 0.1) is 115 Å². The molecule has 4 heterocycles. The molecule has 2 aromatic rings. The summed E-state index contributed by atoms with van der Waals surface area (Å²) in [7, 11) is -11.0. The first-order valence-corrected chi connectivity index (χ1v) is 34.9. The smallest absolute Gasteiger partial charge is 0.333 e. The third-order valence-electron chi connectivity index (χ3n) is 15.7. The van der Waals surface area contributed by atoms with Gasteiger partial charge < -0.3 is 66.0 Å². The second-order valence-corrected chi connectivity index (χ2v) is 27.9. The van der Waals surface area contributed by atoms with Gasteiger partial charge in [0, 0.05) is 117 Å². The van der Waals surface area contributed by atoms with E-state index in [0.717, 1.165) is 34.0 Å². The maximum atomic E-state index is 13.0. The molecule has 6 rings (SSSR count). The van der Waals surface area contributed by atoms with Gasteiger partial charge in [-0.3, -0.25) is 9.59 Å². The van der Waals surface area contributed by atoms with Gasteiger partial charge in [-0.05, 0) is 81.4 Å². The molecule has 0 spiro atoms. The van der Waals surface area contributed by atoms with Crippen LogP contribution in [0.4, 0.5) is 11.4 Å². The van der Waals surface area contributed by atoms with Gasteiger partial charge in [-0.2, -0.15) is 4.58 Å². The second kappa shape index (κ2) is 34.5. The fourth-order valence-electron chi connectivity index (χ4n) is 11.1. The summed E-state index contributed by atoms with van der Waals surface area (Å²) in [6, 6.07) is 7.80. The number of benzene rings is 2. The van der Waals surface area contributed by atoms with Gasteiger partial charge in [-0.25, -0.2) is 30.0 Å². The topological polar surface area (TPSA) is 325 Å². The molecule has 0 aromatic heterocycles. The molecular weight excluding hydrogens is 1250 g/mol. The van der Waals surface area contributed by atoms with Crippen molar-refractivity contribution in [2.24, 2.45) is 5.41 Å². The standard InChI is InChI=1S/C63H89N3O22S3/c1-47-46-63(22-26-81-32-34-85-38-36-83-30-28-79-6,23-27-82-33-35-86-39-37-84-31-29-80-7)65(25-13-41-90(73,74)75)54-45-55-51(44-50(47)54)48(42-57(87-55)61(2,3)4)14-9-8-10-15-56-62(5,21-11-16-60(69)88-66-58(67)19-20-59(66)68)52-43-49(91(76,77)78)17-18-53(52)64(56)24-12-40-89(70,71)72/h8-10,14-15,17-18,42-46H,11-13,16,19-41H2,1-7H3,(H2-,70,71,72,73,74,75,76,77,78)/p-2. The van der Waals surface area contributed by atoms with E-state index in [0.29, 0.717) is 126 Å². The molecular formula is C63H87N3O22S3-2. The summed E-state index contributed by atoms with van der Waals surface area (Å²) in [6.45, 7) is 15.2. The zero-order valence-electron chi connectivity index (χ0n) is 53.1.